The summed E-state index contributed by atoms with van der Waals surface area (Å²) < 4.78 is 17.1. The number of para-hydroxylation sites is 1. The number of carboxylic acids is 1. The van der Waals surface area contributed by atoms with E-state index in [0.717, 1.165) is 22.8 Å². The Kier molecular flexibility index (Phi) is 7.08. The van der Waals surface area contributed by atoms with Crippen molar-refractivity contribution in [2.75, 3.05) is 13.2 Å². The van der Waals surface area contributed by atoms with E-state index < -0.39 is 12.0 Å². The van der Waals surface area contributed by atoms with Crippen molar-refractivity contribution in [3.8, 4) is 23.0 Å². The Morgan fingerprint density at radius 2 is 1.24 bits per heavy atom. The molecule has 0 aliphatic rings. The molecule has 29 heavy (non-hydrogen) atoms. The fourth-order valence-electron chi connectivity index (χ4n) is 2.61. The van der Waals surface area contributed by atoms with E-state index in [1.165, 1.54) is 0 Å². The zero-order valence-corrected chi connectivity index (χ0v) is 15.9. The maximum absolute atomic E-state index is 10.8. The number of ether oxygens (including phenoxy) is 3. The molecule has 6 heteroatoms. The van der Waals surface area contributed by atoms with E-state index >= 15 is 0 Å². The predicted octanol–water partition coefficient (Wildman–Crippen LogP) is 3.89. The van der Waals surface area contributed by atoms with Crippen LogP contribution in [-0.4, -0.2) is 30.3 Å². The first-order valence-corrected chi connectivity index (χ1v) is 9.26. The molecule has 0 bridgehead atoms. The Hall–Kier alpha value is -3.51. The zero-order chi connectivity index (χ0) is 20.5. The van der Waals surface area contributed by atoms with Crippen LogP contribution in [0.5, 0.6) is 23.0 Å². The van der Waals surface area contributed by atoms with E-state index in [4.69, 9.17) is 25.1 Å². The zero-order valence-electron chi connectivity index (χ0n) is 15.9. The van der Waals surface area contributed by atoms with Gasteiger partial charge in [0.2, 0.25) is 0 Å². The molecule has 1 atom stereocenters. The molecular formula is C23H23NO5. The first kappa shape index (κ1) is 20.2. The van der Waals surface area contributed by atoms with Gasteiger partial charge in [-0.15, -0.1) is 0 Å². The Morgan fingerprint density at radius 1 is 0.759 bits per heavy atom. The van der Waals surface area contributed by atoms with Gasteiger partial charge in [-0.05, 0) is 60.5 Å². The van der Waals surface area contributed by atoms with Gasteiger partial charge in [-0.2, -0.15) is 0 Å². The monoisotopic (exact) mass is 393 g/mol. The van der Waals surface area contributed by atoms with Gasteiger partial charge in [0.15, 0.2) is 0 Å². The first-order chi connectivity index (χ1) is 14.1. The average molecular weight is 393 g/mol. The standard InChI is InChI=1S/C23H23NO5/c24-22(23(25)26)16-17-6-8-18(9-7-17)27-14-15-28-19-10-12-21(13-11-19)29-20-4-2-1-3-5-20/h1-13,22H,14-16,24H2,(H,25,26)/t22-/m0/s1. The Labute approximate surface area is 169 Å². The molecule has 0 heterocycles. The first-order valence-electron chi connectivity index (χ1n) is 9.26. The van der Waals surface area contributed by atoms with Gasteiger partial charge in [-0.3, -0.25) is 4.79 Å². The van der Waals surface area contributed by atoms with Gasteiger partial charge in [0.1, 0.15) is 42.3 Å². The third-order valence-electron chi connectivity index (χ3n) is 4.12. The summed E-state index contributed by atoms with van der Waals surface area (Å²) in [5.41, 5.74) is 6.38. The molecule has 0 fully saturated rings. The number of hydrogen-bond acceptors (Lipinski definition) is 5. The fourth-order valence-corrected chi connectivity index (χ4v) is 2.61. The van der Waals surface area contributed by atoms with E-state index in [2.05, 4.69) is 0 Å². The Balaban J connectivity index is 1.39. The molecule has 0 unspecified atom stereocenters. The van der Waals surface area contributed by atoms with Gasteiger partial charge in [-0.25, -0.2) is 0 Å². The van der Waals surface area contributed by atoms with Crippen LogP contribution in [0, 0.1) is 0 Å². The molecule has 0 saturated carbocycles. The second-order valence-electron chi connectivity index (χ2n) is 6.38. The summed E-state index contributed by atoms with van der Waals surface area (Å²) in [4.78, 5) is 10.8. The number of benzene rings is 3. The molecule has 0 aliphatic heterocycles. The number of hydrogen-bond donors (Lipinski definition) is 2. The molecule has 3 rings (SSSR count). The van der Waals surface area contributed by atoms with Crippen LogP contribution in [0.1, 0.15) is 5.56 Å². The van der Waals surface area contributed by atoms with Crippen molar-refractivity contribution < 1.29 is 24.1 Å². The molecule has 3 N–H and O–H groups in total. The van der Waals surface area contributed by atoms with Crippen molar-refractivity contribution in [1.29, 1.82) is 0 Å². The molecule has 3 aromatic carbocycles. The summed E-state index contributed by atoms with van der Waals surface area (Å²) in [6.07, 6.45) is 0.280. The number of carbonyl (C=O) groups is 1. The van der Waals surface area contributed by atoms with E-state index in [9.17, 15) is 4.79 Å². The smallest absolute Gasteiger partial charge is 0.320 e. The van der Waals surface area contributed by atoms with Crippen molar-refractivity contribution in [1.82, 2.24) is 0 Å². The molecule has 6 nitrogen and oxygen atoms in total. The molecule has 0 spiro atoms. The van der Waals surface area contributed by atoms with E-state index in [1.807, 2.05) is 66.7 Å². The molecule has 150 valence electrons. The van der Waals surface area contributed by atoms with Gasteiger partial charge in [0.05, 0.1) is 0 Å². The third-order valence-corrected chi connectivity index (χ3v) is 4.12. The van der Waals surface area contributed by atoms with Crippen molar-refractivity contribution >= 4 is 5.97 Å². The minimum absolute atomic E-state index is 0.280. The highest BCUT2D eigenvalue weighted by Crippen LogP contribution is 2.23. The van der Waals surface area contributed by atoms with Crippen LogP contribution in [0.25, 0.3) is 0 Å². The second-order valence-corrected chi connectivity index (χ2v) is 6.38. The number of carboxylic acid groups (broad SMARTS) is 1. The average Bonchev–Trinajstić information content (AvgIpc) is 2.74. The summed E-state index contributed by atoms with van der Waals surface area (Å²) in [6, 6.07) is 23.3. The van der Waals surface area contributed by atoms with Gasteiger partial charge in [0, 0.05) is 0 Å². The largest absolute Gasteiger partial charge is 0.490 e. The lowest BCUT2D eigenvalue weighted by Crippen LogP contribution is -2.32. The van der Waals surface area contributed by atoms with Gasteiger partial charge in [0.25, 0.3) is 0 Å². The summed E-state index contributed by atoms with van der Waals surface area (Å²) in [5, 5.41) is 8.85. The number of nitrogens with two attached hydrogens (primary N) is 1. The Bertz CT molecular complexity index is 895. The number of rotatable bonds is 10. The van der Waals surface area contributed by atoms with Crippen LogP contribution in [-0.2, 0) is 11.2 Å². The van der Waals surface area contributed by atoms with Crippen LogP contribution >= 0.6 is 0 Å². The predicted molar refractivity (Wildman–Crippen MR) is 110 cm³/mol. The SMILES string of the molecule is N[C@@H](Cc1ccc(OCCOc2ccc(Oc3ccccc3)cc2)cc1)C(=O)O. The van der Waals surface area contributed by atoms with Gasteiger partial charge >= 0.3 is 5.97 Å². The highest BCUT2D eigenvalue weighted by molar-refractivity contribution is 5.73. The second kappa shape index (κ2) is 10.1. The van der Waals surface area contributed by atoms with Crippen molar-refractivity contribution in [3.05, 3.63) is 84.4 Å². The summed E-state index contributed by atoms with van der Waals surface area (Å²) in [5.74, 6) is 1.93. The number of aliphatic carboxylic acids is 1. The minimum atomic E-state index is -1.01. The molecule has 0 amide bonds. The molecule has 3 aromatic rings. The highest BCUT2D eigenvalue weighted by atomic mass is 16.5. The third kappa shape index (κ3) is 6.55. The lowest BCUT2D eigenvalue weighted by atomic mass is 10.1. The topological polar surface area (TPSA) is 91.0 Å². The summed E-state index contributed by atoms with van der Waals surface area (Å²) >= 11 is 0. The summed E-state index contributed by atoms with van der Waals surface area (Å²) in [6.45, 7) is 0.779. The lowest BCUT2D eigenvalue weighted by Gasteiger charge is -2.10. The maximum atomic E-state index is 10.8. The van der Waals surface area contributed by atoms with E-state index in [1.54, 1.807) is 12.1 Å². The molecule has 0 saturated heterocycles. The van der Waals surface area contributed by atoms with Crippen molar-refractivity contribution in [2.24, 2.45) is 5.73 Å². The normalized spacial score (nSPS) is 11.5. The molecule has 0 radical (unpaired) electrons. The summed E-state index contributed by atoms with van der Waals surface area (Å²) in [7, 11) is 0. The van der Waals surface area contributed by atoms with Crippen molar-refractivity contribution in [2.45, 2.75) is 12.5 Å². The van der Waals surface area contributed by atoms with Crippen LogP contribution in [0.15, 0.2) is 78.9 Å². The van der Waals surface area contributed by atoms with Crippen LogP contribution in [0.3, 0.4) is 0 Å². The fraction of sp³-hybridized carbons (Fsp3) is 0.174. The molecule has 0 aromatic heterocycles. The molecule has 0 aliphatic carbocycles. The minimum Gasteiger partial charge on any atom is -0.490 e. The van der Waals surface area contributed by atoms with Gasteiger partial charge in [-0.1, -0.05) is 30.3 Å². The molecular weight excluding hydrogens is 370 g/mol. The highest BCUT2D eigenvalue weighted by Gasteiger charge is 2.11. The maximum Gasteiger partial charge on any atom is 0.320 e. The van der Waals surface area contributed by atoms with E-state index in [0.29, 0.717) is 19.0 Å². The quantitative estimate of drug-likeness (QED) is 0.508. The van der Waals surface area contributed by atoms with E-state index in [-0.39, 0.29) is 6.42 Å². The van der Waals surface area contributed by atoms with Crippen LogP contribution in [0.4, 0.5) is 0 Å². The van der Waals surface area contributed by atoms with Crippen molar-refractivity contribution in [3.63, 3.8) is 0 Å². The lowest BCUT2D eigenvalue weighted by molar-refractivity contribution is -0.138. The Morgan fingerprint density at radius 3 is 1.79 bits per heavy atom. The van der Waals surface area contributed by atoms with Crippen LogP contribution in [0.2, 0.25) is 0 Å². The van der Waals surface area contributed by atoms with Gasteiger partial charge < -0.3 is 25.1 Å². The van der Waals surface area contributed by atoms with Crippen LogP contribution < -0.4 is 19.9 Å².